The van der Waals surface area contributed by atoms with Crippen molar-refractivity contribution in [1.82, 2.24) is 0 Å². The van der Waals surface area contributed by atoms with Crippen molar-refractivity contribution >= 4 is 28.9 Å². The van der Waals surface area contributed by atoms with Crippen LogP contribution in [-0.4, -0.2) is 6.04 Å². The molecule has 0 aliphatic rings. The van der Waals surface area contributed by atoms with E-state index in [-0.39, 0.29) is 10.0 Å². The quantitative estimate of drug-likeness (QED) is 0.487. The van der Waals surface area contributed by atoms with Crippen molar-refractivity contribution in [3.8, 4) is 0 Å². The molecule has 0 saturated carbocycles. The van der Waals surface area contributed by atoms with Crippen molar-refractivity contribution in [3.63, 3.8) is 0 Å². The van der Waals surface area contributed by atoms with Gasteiger partial charge in [0.25, 0.3) is 0 Å². The number of nitrogens with one attached hydrogen (secondary N) is 1. The van der Waals surface area contributed by atoms with Crippen molar-refractivity contribution in [2.45, 2.75) is 52.0 Å². The first-order valence-corrected chi connectivity index (χ1v) is 7.21. The van der Waals surface area contributed by atoms with Gasteiger partial charge >= 0.3 is 0 Å². The molecule has 1 rings (SSSR count). The third kappa shape index (κ3) is 5.03. The molecule has 1 aromatic carbocycles. The Balaban J connectivity index is 2.46. The zero-order valence-electron chi connectivity index (χ0n) is 10.9. The lowest BCUT2D eigenvalue weighted by Crippen LogP contribution is -2.14. The number of hydrogen-bond acceptors (Lipinski definition) is 1. The molecule has 0 spiro atoms. The van der Waals surface area contributed by atoms with Crippen molar-refractivity contribution in [2.24, 2.45) is 0 Å². The topological polar surface area (TPSA) is 12.0 Å². The summed E-state index contributed by atoms with van der Waals surface area (Å²) in [5.41, 5.74) is 0.773. The van der Waals surface area contributed by atoms with Gasteiger partial charge in [-0.25, -0.2) is 4.39 Å². The molecule has 18 heavy (non-hydrogen) atoms. The van der Waals surface area contributed by atoms with Gasteiger partial charge in [0.2, 0.25) is 0 Å². The highest BCUT2D eigenvalue weighted by Gasteiger charge is 2.09. The molecule has 0 bridgehead atoms. The molecule has 1 unspecified atom stereocenters. The Morgan fingerprint density at radius 2 is 1.78 bits per heavy atom. The van der Waals surface area contributed by atoms with Crippen LogP contribution in [0.2, 0.25) is 10.0 Å². The van der Waals surface area contributed by atoms with E-state index >= 15 is 0 Å². The average Bonchev–Trinajstić information content (AvgIpc) is 2.31. The summed E-state index contributed by atoms with van der Waals surface area (Å²) in [6.07, 6.45) is 6.07. The maximum atomic E-state index is 13.2. The van der Waals surface area contributed by atoms with Gasteiger partial charge in [0.05, 0.1) is 10.0 Å². The fraction of sp³-hybridized carbons (Fsp3) is 0.571. The fourth-order valence-electron chi connectivity index (χ4n) is 1.87. The van der Waals surface area contributed by atoms with Gasteiger partial charge in [-0.3, -0.25) is 0 Å². The molecule has 0 amide bonds. The summed E-state index contributed by atoms with van der Waals surface area (Å²) in [6.45, 7) is 4.31. The molecule has 0 heterocycles. The molecular formula is C14H20Cl2FN. The van der Waals surface area contributed by atoms with Gasteiger partial charge in [-0.1, -0.05) is 55.8 Å². The standard InChI is InChI=1S/C14H20Cl2FN/c1-3-4-5-6-7-10(2)18-11-8-12(15)14(17)13(16)9-11/h8-10,18H,3-7H2,1-2H3. The van der Waals surface area contributed by atoms with Gasteiger partial charge in [0.15, 0.2) is 5.82 Å². The van der Waals surface area contributed by atoms with E-state index in [1.54, 1.807) is 12.1 Å². The van der Waals surface area contributed by atoms with Crippen LogP contribution in [0.5, 0.6) is 0 Å². The summed E-state index contributed by atoms with van der Waals surface area (Å²) in [6, 6.07) is 3.48. The molecule has 1 N–H and O–H groups in total. The average molecular weight is 292 g/mol. The summed E-state index contributed by atoms with van der Waals surface area (Å²) >= 11 is 11.5. The Bertz CT molecular complexity index is 359. The van der Waals surface area contributed by atoms with Crippen LogP contribution >= 0.6 is 23.2 Å². The summed E-state index contributed by atoms with van der Waals surface area (Å²) in [5, 5.41) is 3.41. The lowest BCUT2D eigenvalue weighted by Gasteiger charge is -2.16. The lowest BCUT2D eigenvalue weighted by atomic mass is 10.1. The Kier molecular flexibility index (Phi) is 6.80. The third-order valence-electron chi connectivity index (χ3n) is 2.89. The second-order valence-corrected chi connectivity index (χ2v) is 5.46. The highest BCUT2D eigenvalue weighted by atomic mass is 35.5. The second-order valence-electron chi connectivity index (χ2n) is 4.65. The van der Waals surface area contributed by atoms with Gasteiger partial charge in [0.1, 0.15) is 0 Å². The van der Waals surface area contributed by atoms with Crippen LogP contribution in [0.4, 0.5) is 10.1 Å². The summed E-state index contributed by atoms with van der Waals surface area (Å²) in [5.74, 6) is -0.556. The van der Waals surface area contributed by atoms with E-state index in [0.29, 0.717) is 6.04 Å². The molecule has 0 aliphatic heterocycles. The summed E-state index contributed by atoms with van der Waals surface area (Å²) in [7, 11) is 0. The van der Waals surface area contributed by atoms with E-state index in [9.17, 15) is 4.39 Å². The number of rotatable bonds is 7. The predicted molar refractivity (Wildman–Crippen MR) is 78.3 cm³/mol. The Hall–Kier alpha value is -0.470. The molecule has 0 fully saturated rings. The molecule has 0 saturated heterocycles. The Morgan fingerprint density at radius 1 is 1.17 bits per heavy atom. The first kappa shape index (κ1) is 15.6. The highest BCUT2D eigenvalue weighted by molar-refractivity contribution is 6.35. The van der Waals surface area contributed by atoms with Gasteiger partial charge in [-0.2, -0.15) is 0 Å². The third-order valence-corrected chi connectivity index (χ3v) is 3.44. The van der Waals surface area contributed by atoms with Gasteiger partial charge < -0.3 is 5.32 Å². The molecule has 1 nitrogen and oxygen atoms in total. The molecule has 0 aliphatic carbocycles. The highest BCUT2D eigenvalue weighted by Crippen LogP contribution is 2.27. The molecule has 4 heteroatoms. The summed E-state index contributed by atoms with van der Waals surface area (Å²) in [4.78, 5) is 0. The Morgan fingerprint density at radius 3 is 2.33 bits per heavy atom. The van der Waals surface area contributed by atoms with E-state index in [0.717, 1.165) is 12.1 Å². The van der Waals surface area contributed by atoms with Crippen molar-refractivity contribution in [2.75, 3.05) is 5.32 Å². The van der Waals surface area contributed by atoms with E-state index in [1.807, 2.05) is 0 Å². The van der Waals surface area contributed by atoms with Crippen molar-refractivity contribution in [3.05, 3.63) is 28.0 Å². The monoisotopic (exact) mass is 291 g/mol. The minimum absolute atomic E-state index is 0.0585. The molecule has 0 aromatic heterocycles. The lowest BCUT2D eigenvalue weighted by molar-refractivity contribution is 0.593. The van der Waals surface area contributed by atoms with Crippen LogP contribution in [-0.2, 0) is 0 Å². The fourth-order valence-corrected chi connectivity index (χ4v) is 2.36. The number of benzene rings is 1. The van der Waals surface area contributed by atoms with Crippen LogP contribution in [0.15, 0.2) is 12.1 Å². The van der Waals surface area contributed by atoms with Crippen LogP contribution < -0.4 is 5.32 Å². The molecule has 1 atom stereocenters. The maximum absolute atomic E-state index is 13.2. The minimum atomic E-state index is -0.556. The van der Waals surface area contributed by atoms with E-state index in [2.05, 4.69) is 19.2 Å². The van der Waals surface area contributed by atoms with Crippen LogP contribution in [0, 0.1) is 5.82 Å². The van der Waals surface area contributed by atoms with E-state index in [4.69, 9.17) is 23.2 Å². The summed E-state index contributed by atoms with van der Waals surface area (Å²) < 4.78 is 13.2. The normalized spacial score (nSPS) is 12.5. The van der Waals surface area contributed by atoms with E-state index in [1.165, 1.54) is 25.7 Å². The largest absolute Gasteiger partial charge is 0.383 e. The predicted octanol–water partition coefficient (Wildman–Crippen LogP) is 5.90. The number of unbranched alkanes of at least 4 members (excludes halogenated alkanes) is 3. The zero-order valence-corrected chi connectivity index (χ0v) is 12.4. The van der Waals surface area contributed by atoms with Crippen molar-refractivity contribution < 1.29 is 4.39 Å². The molecule has 0 radical (unpaired) electrons. The number of anilines is 1. The van der Waals surface area contributed by atoms with Crippen LogP contribution in [0.3, 0.4) is 0 Å². The van der Waals surface area contributed by atoms with Gasteiger partial charge in [-0.15, -0.1) is 0 Å². The minimum Gasteiger partial charge on any atom is -0.383 e. The van der Waals surface area contributed by atoms with Gasteiger partial charge in [-0.05, 0) is 25.5 Å². The van der Waals surface area contributed by atoms with Crippen molar-refractivity contribution in [1.29, 1.82) is 0 Å². The first-order chi connectivity index (χ1) is 8.54. The Labute approximate surface area is 119 Å². The SMILES string of the molecule is CCCCCCC(C)Nc1cc(Cl)c(F)c(Cl)c1. The second kappa shape index (κ2) is 7.85. The smallest absolute Gasteiger partial charge is 0.160 e. The van der Waals surface area contributed by atoms with Crippen LogP contribution in [0.1, 0.15) is 46.0 Å². The van der Waals surface area contributed by atoms with Crippen LogP contribution in [0.25, 0.3) is 0 Å². The molecule has 1 aromatic rings. The zero-order chi connectivity index (χ0) is 13.5. The molecular weight excluding hydrogens is 272 g/mol. The maximum Gasteiger partial charge on any atom is 0.160 e. The molecule has 102 valence electrons. The number of halogens is 3. The van der Waals surface area contributed by atoms with E-state index < -0.39 is 5.82 Å². The first-order valence-electron chi connectivity index (χ1n) is 6.45. The number of hydrogen-bond donors (Lipinski definition) is 1. The van der Waals surface area contributed by atoms with Gasteiger partial charge in [0, 0.05) is 11.7 Å².